The standard InChI is InChI=1S/C20H23N3O2S/c1-13(2)23(10-16-8-6-5-7-9-16)17(24)11-25-19-18-14(3)15(4)26-20(18)22-12-21-19/h5-9,12-13H,10-11H2,1-4H3. The number of thiophene rings is 1. The topological polar surface area (TPSA) is 55.3 Å². The van der Waals surface area contributed by atoms with Crippen LogP contribution in [0.15, 0.2) is 36.7 Å². The van der Waals surface area contributed by atoms with Gasteiger partial charge in [0, 0.05) is 17.5 Å². The fourth-order valence-corrected chi connectivity index (χ4v) is 3.80. The number of nitrogens with zero attached hydrogens (tertiary/aromatic N) is 3. The Morgan fingerprint density at radius 3 is 2.62 bits per heavy atom. The monoisotopic (exact) mass is 369 g/mol. The van der Waals surface area contributed by atoms with Crippen LogP contribution in [-0.2, 0) is 11.3 Å². The molecule has 2 heterocycles. The van der Waals surface area contributed by atoms with Crippen molar-refractivity contribution in [1.29, 1.82) is 0 Å². The zero-order valence-electron chi connectivity index (χ0n) is 15.5. The molecule has 3 rings (SSSR count). The molecule has 0 saturated heterocycles. The zero-order valence-corrected chi connectivity index (χ0v) is 16.3. The van der Waals surface area contributed by atoms with Crippen LogP contribution in [0.5, 0.6) is 5.88 Å². The number of aryl methyl sites for hydroxylation is 2. The molecule has 0 aliphatic heterocycles. The van der Waals surface area contributed by atoms with Crippen molar-refractivity contribution in [3.05, 3.63) is 52.7 Å². The van der Waals surface area contributed by atoms with E-state index in [1.165, 1.54) is 11.2 Å². The normalized spacial score (nSPS) is 11.1. The third-order valence-corrected chi connectivity index (χ3v) is 5.52. The average Bonchev–Trinajstić information content (AvgIpc) is 2.93. The number of amides is 1. The number of hydrogen-bond acceptors (Lipinski definition) is 5. The Balaban J connectivity index is 1.75. The molecule has 0 unspecified atom stereocenters. The van der Waals surface area contributed by atoms with Crippen LogP contribution in [0.3, 0.4) is 0 Å². The maximum atomic E-state index is 12.7. The predicted octanol–water partition coefficient (Wildman–Crippen LogP) is 4.12. The third-order valence-electron chi connectivity index (χ3n) is 4.40. The van der Waals surface area contributed by atoms with E-state index < -0.39 is 0 Å². The molecule has 0 atom stereocenters. The first kappa shape index (κ1) is 18.3. The van der Waals surface area contributed by atoms with Gasteiger partial charge in [-0.3, -0.25) is 4.79 Å². The van der Waals surface area contributed by atoms with Gasteiger partial charge in [-0.2, -0.15) is 0 Å². The van der Waals surface area contributed by atoms with Gasteiger partial charge in [0.25, 0.3) is 5.91 Å². The molecular weight excluding hydrogens is 346 g/mol. The SMILES string of the molecule is Cc1sc2ncnc(OCC(=O)N(Cc3ccccc3)C(C)C)c2c1C. The molecule has 0 fully saturated rings. The van der Waals surface area contributed by atoms with Crippen molar-refractivity contribution in [2.75, 3.05) is 6.61 Å². The first-order valence-electron chi connectivity index (χ1n) is 8.64. The number of hydrogen-bond donors (Lipinski definition) is 0. The Kier molecular flexibility index (Phi) is 5.52. The molecule has 0 N–H and O–H groups in total. The lowest BCUT2D eigenvalue weighted by Gasteiger charge is -2.26. The second kappa shape index (κ2) is 7.83. The van der Waals surface area contributed by atoms with Gasteiger partial charge >= 0.3 is 0 Å². The van der Waals surface area contributed by atoms with Gasteiger partial charge in [0.05, 0.1) is 5.39 Å². The summed E-state index contributed by atoms with van der Waals surface area (Å²) in [6.45, 7) is 8.63. The zero-order chi connectivity index (χ0) is 18.7. The summed E-state index contributed by atoms with van der Waals surface area (Å²) in [4.78, 5) is 25.2. The van der Waals surface area contributed by atoms with E-state index in [4.69, 9.17) is 4.74 Å². The van der Waals surface area contributed by atoms with Crippen LogP contribution in [0, 0.1) is 13.8 Å². The molecule has 0 radical (unpaired) electrons. The maximum Gasteiger partial charge on any atom is 0.261 e. The summed E-state index contributed by atoms with van der Waals surface area (Å²) >= 11 is 1.61. The molecule has 2 aromatic heterocycles. The van der Waals surface area contributed by atoms with Crippen molar-refractivity contribution < 1.29 is 9.53 Å². The van der Waals surface area contributed by atoms with Gasteiger partial charge < -0.3 is 9.64 Å². The molecule has 5 nitrogen and oxygen atoms in total. The van der Waals surface area contributed by atoms with Gasteiger partial charge in [0.1, 0.15) is 11.2 Å². The minimum absolute atomic E-state index is 0.0362. The first-order valence-corrected chi connectivity index (χ1v) is 9.46. The Labute approximate surface area is 157 Å². The van der Waals surface area contributed by atoms with E-state index in [0.717, 1.165) is 21.3 Å². The second-order valence-corrected chi connectivity index (χ2v) is 7.74. The molecule has 136 valence electrons. The number of rotatable bonds is 6. The van der Waals surface area contributed by atoms with Gasteiger partial charge in [-0.05, 0) is 38.8 Å². The summed E-state index contributed by atoms with van der Waals surface area (Å²) in [5.74, 6) is 0.425. The summed E-state index contributed by atoms with van der Waals surface area (Å²) in [5, 5.41) is 0.905. The van der Waals surface area contributed by atoms with Crippen LogP contribution in [0.1, 0.15) is 29.9 Å². The first-order chi connectivity index (χ1) is 12.5. The number of fused-ring (bicyclic) bond motifs is 1. The highest BCUT2D eigenvalue weighted by molar-refractivity contribution is 7.18. The molecule has 0 bridgehead atoms. The van der Waals surface area contributed by atoms with Gasteiger partial charge in [-0.1, -0.05) is 30.3 Å². The molecule has 26 heavy (non-hydrogen) atoms. The Bertz CT molecular complexity index is 906. The van der Waals surface area contributed by atoms with E-state index in [-0.39, 0.29) is 18.6 Å². The largest absolute Gasteiger partial charge is 0.467 e. The van der Waals surface area contributed by atoms with Crippen LogP contribution < -0.4 is 4.74 Å². The molecule has 0 saturated carbocycles. The van der Waals surface area contributed by atoms with Crippen molar-refractivity contribution in [3.8, 4) is 5.88 Å². The summed E-state index contributed by atoms with van der Waals surface area (Å²) in [7, 11) is 0. The van der Waals surface area contributed by atoms with Crippen LogP contribution in [0.25, 0.3) is 10.2 Å². The molecular formula is C20H23N3O2S. The maximum absolute atomic E-state index is 12.7. The van der Waals surface area contributed by atoms with Gasteiger partial charge in [0.15, 0.2) is 6.61 Å². The quantitative estimate of drug-likeness (QED) is 0.656. The highest BCUT2D eigenvalue weighted by Crippen LogP contribution is 2.33. The van der Waals surface area contributed by atoms with E-state index in [9.17, 15) is 4.79 Å². The van der Waals surface area contributed by atoms with Crippen LogP contribution in [0.2, 0.25) is 0 Å². The predicted molar refractivity (Wildman–Crippen MR) is 105 cm³/mol. The minimum Gasteiger partial charge on any atom is -0.467 e. The fraction of sp³-hybridized carbons (Fsp3) is 0.350. The smallest absolute Gasteiger partial charge is 0.261 e. The fourth-order valence-electron chi connectivity index (χ4n) is 2.81. The lowest BCUT2D eigenvalue weighted by Crippen LogP contribution is -2.39. The number of ether oxygens (including phenoxy) is 1. The number of carbonyl (C=O) groups is 1. The molecule has 0 aliphatic rings. The van der Waals surface area contributed by atoms with E-state index >= 15 is 0 Å². The summed E-state index contributed by atoms with van der Waals surface area (Å²) in [5.41, 5.74) is 2.21. The molecule has 0 aliphatic carbocycles. The third kappa shape index (κ3) is 3.85. The Morgan fingerprint density at radius 2 is 1.92 bits per heavy atom. The van der Waals surface area contributed by atoms with E-state index in [0.29, 0.717) is 12.4 Å². The van der Waals surface area contributed by atoms with Gasteiger partial charge in [-0.15, -0.1) is 11.3 Å². The van der Waals surface area contributed by atoms with Gasteiger partial charge in [0.2, 0.25) is 5.88 Å². The Morgan fingerprint density at radius 1 is 1.19 bits per heavy atom. The van der Waals surface area contributed by atoms with Crippen molar-refractivity contribution in [1.82, 2.24) is 14.9 Å². The van der Waals surface area contributed by atoms with Crippen molar-refractivity contribution >= 4 is 27.5 Å². The van der Waals surface area contributed by atoms with E-state index in [2.05, 4.69) is 16.9 Å². The summed E-state index contributed by atoms with van der Waals surface area (Å²) in [6, 6.07) is 10.1. The number of aromatic nitrogens is 2. The lowest BCUT2D eigenvalue weighted by atomic mass is 10.2. The second-order valence-electron chi connectivity index (χ2n) is 6.53. The Hall–Kier alpha value is -2.47. The minimum atomic E-state index is -0.0554. The average molecular weight is 369 g/mol. The van der Waals surface area contributed by atoms with E-state index in [1.54, 1.807) is 11.3 Å². The van der Waals surface area contributed by atoms with Crippen molar-refractivity contribution in [3.63, 3.8) is 0 Å². The lowest BCUT2D eigenvalue weighted by molar-refractivity contribution is -0.135. The molecule has 3 aromatic rings. The molecule has 0 spiro atoms. The van der Waals surface area contributed by atoms with Crippen molar-refractivity contribution in [2.24, 2.45) is 0 Å². The number of carbonyl (C=O) groups excluding carboxylic acids is 1. The van der Waals surface area contributed by atoms with Crippen LogP contribution in [0.4, 0.5) is 0 Å². The highest BCUT2D eigenvalue weighted by atomic mass is 32.1. The summed E-state index contributed by atoms with van der Waals surface area (Å²) in [6.07, 6.45) is 1.49. The van der Waals surface area contributed by atoms with Crippen molar-refractivity contribution in [2.45, 2.75) is 40.3 Å². The van der Waals surface area contributed by atoms with Gasteiger partial charge in [-0.25, -0.2) is 9.97 Å². The molecule has 1 amide bonds. The van der Waals surface area contributed by atoms with Crippen LogP contribution >= 0.6 is 11.3 Å². The highest BCUT2D eigenvalue weighted by Gasteiger charge is 2.20. The summed E-state index contributed by atoms with van der Waals surface area (Å²) < 4.78 is 5.81. The molecule has 1 aromatic carbocycles. The van der Waals surface area contributed by atoms with Crippen LogP contribution in [-0.4, -0.2) is 33.4 Å². The number of benzene rings is 1. The molecule has 6 heteroatoms. The van der Waals surface area contributed by atoms with E-state index in [1.807, 2.05) is 56.0 Å².